The lowest BCUT2D eigenvalue weighted by Gasteiger charge is -2.12. The Morgan fingerprint density at radius 1 is 1.33 bits per heavy atom. The summed E-state index contributed by atoms with van der Waals surface area (Å²) in [4.78, 5) is 16.3. The molecule has 0 aliphatic rings. The minimum Gasteiger partial charge on any atom is -0.292 e. The van der Waals surface area contributed by atoms with E-state index in [1.165, 1.54) is 0 Å². The highest BCUT2D eigenvalue weighted by Crippen LogP contribution is 2.17. The number of carbonyl (C=O) groups is 1. The van der Waals surface area contributed by atoms with E-state index in [0.717, 1.165) is 24.0 Å². The molecule has 0 fully saturated rings. The molecule has 1 heterocycles. The van der Waals surface area contributed by atoms with Crippen molar-refractivity contribution in [3.05, 3.63) is 29.1 Å². The van der Waals surface area contributed by atoms with Crippen LogP contribution < -0.4 is 0 Å². The average molecular weight is 205 g/mol. The molecule has 0 spiro atoms. The van der Waals surface area contributed by atoms with Crippen molar-refractivity contribution in [1.29, 1.82) is 0 Å². The van der Waals surface area contributed by atoms with Crippen LogP contribution in [-0.4, -0.2) is 10.8 Å². The molecule has 2 nitrogen and oxygen atoms in total. The summed E-state index contributed by atoms with van der Waals surface area (Å²) in [6, 6.07) is 2.02. The van der Waals surface area contributed by atoms with Gasteiger partial charge < -0.3 is 0 Å². The van der Waals surface area contributed by atoms with Gasteiger partial charge >= 0.3 is 0 Å². The SMILES string of the molecule is CCC(CC)C(=O)c1ncc(C)cc1C. The fraction of sp³-hybridized carbons (Fsp3) is 0.538. The number of ketones is 1. The van der Waals surface area contributed by atoms with E-state index >= 15 is 0 Å². The van der Waals surface area contributed by atoms with Crippen LogP contribution in [0.25, 0.3) is 0 Å². The molecule has 1 aromatic heterocycles. The minimum atomic E-state index is 0.124. The molecule has 82 valence electrons. The Hall–Kier alpha value is -1.18. The van der Waals surface area contributed by atoms with Gasteiger partial charge in [0.2, 0.25) is 0 Å². The molecule has 2 heteroatoms. The van der Waals surface area contributed by atoms with Crippen molar-refractivity contribution in [3.63, 3.8) is 0 Å². The molecule has 15 heavy (non-hydrogen) atoms. The van der Waals surface area contributed by atoms with E-state index in [1.807, 2.05) is 19.9 Å². The predicted molar refractivity (Wildman–Crippen MR) is 62.1 cm³/mol. The van der Waals surface area contributed by atoms with Crippen molar-refractivity contribution in [1.82, 2.24) is 4.98 Å². The Balaban J connectivity index is 3.00. The van der Waals surface area contributed by atoms with Crippen molar-refractivity contribution >= 4 is 5.78 Å². The van der Waals surface area contributed by atoms with Gasteiger partial charge in [0, 0.05) is 12.1 Å². The molecule has 0 atom stereocenters. The van der Waals surface area contributed by atoms with Crippen LogP contribution in [0.1, 0.15) is 48.3 Å². The summed E-state index contributed by atoms with van der Waals surface area (Å²) in [6.45, 7) is 8.05. The van der Waals surface area contributed by atoms with Crippen LogP contribution in [0.2, 0.25) is 0 Å². The van der Waals surface area contributed by atoms with Crippen LogP contribution in [0.5, 0.6) is 0 Å². The molecule has 0 N–H and O–H groups in total. The second-order valence-corrected chi connectivity index (χ2v) is 4.06. The highest BCUT2D eigenvalue weighted by molar-refractivity contribution is 5.97. The van der Waals surface area contributed by atoms with E-state index in [1.54, 1.807) is 6.20 Å². The van der Waals surface area contributed by atoms with Gasteiger partial charge in [0.05, 0.1) is 0 Å². The van der Waals surface area contributed by atoms with E-state index in [9.17, 15) is 4.79 Å². The van der Waals surface area contributed by atoms with Crippen molar-refractivity contribution in [2.75, 3.05) is 0 Å². The highest BCUT2D eigenvalue weighted by atomic mass is 16.1. The molecule has 0 aliphatic heterocycles. The van der Waals surface area contributed by atoms with Crippen LogP contribution in [0.3, 0.4) is 0 Å². The summed E-state index contributed by atoms with van der Waals surface area (Å²) in [5, 5.41) is 0. The molecule has 1 aromatic rings. The van der Waals surface area contributed by atoms with Crippen LogP contribution in [0.4, 0.5) is 0 Å². The zero-order valence-corrected chi connectivity index (χ0v) is 10.0. The Morgan fingerprint density at radius 3 is 2.40 bits per heavy atom. The highest BCUT2D eigenvalue weighted by Gasteiger charge is 2.19. The van der Waals surface area contributed by atoms with E-state index in [0.29, 0.717) is 5.69 Å². The van der Waals surface area contributed by atoms with Crippen LogP contribution >= 0.6 is 0 Å². The van der Waals surface area contributed by atoms with Crippen molar-refractivity contribution in [3.8, 4) is 0 Å². The van der Waals surface area contributed by atoms with Gasteiger partial charge in [-0.25, -0.2) is 0 Å². The molecule has 0 amide bonds. The van der Waals surface area contributed by atoms with Gasteiger partial charge in [0.15, 0.2) is 5.78 Å². The normalized spacial score (nSPS) is 10.7. The quantitative estimate of drug-likeness (QED) is 0.706. The summed E-state index contributed by atoms with van der Waals surface area (Å²) < 4.78 is 0. The first-order valence-corrected chi connectivity index (χ1v) is 5.57. The third-order valence-corrected chi connectivity index (χ3v) is 2.80. The first-order chi connectivity index (χ1) is 7.10. The number of aryl methyl sites for hydroxylation is 2. The van der Waals surface area contributed by atoms with Crippen LogP contribution in [0, 0.1) is 19.8 Å². The predicted octanol–water partition coefficient (Wildman–Crippen LogP) is 3.32. The lowest BCUT2D eigenvalue weighted by atomic mass is 9.94. The van der Waals surface area contributed by atoms with Gasteiger partial charge in [0.25, 0.3) is 0 Å². The standard InChI is InChI=1S/C13H19NO/c1-5-11(6-2)13(15)12-10(4)7-9(3)8-14-12/h7-8,11H,5-6H2,1-4H3. The number of nitrogens with zero attached hydrogens (tertiary/aromatic N) is 1. The second kappa shape index (κ2) is 5.06. The lowest BCUT2D eigenvalue weighted by Crippen LogP contribution is -2.16. The largest absolute Gasteiger partial charge is 0.292 e. The summed E-state index contributed by atoms with van der Waals surface area (Å²) >= 11 is 0. The molecular formula is C13H19NO. The summed E-state index contributed by atoms with van der Waals surface area (Å²) in [6.07, 6.45) is 3.55. The molecule has 0 saturated carbocycles. The van der Waals surface area contributed by atoms with Crippen molar-refractivity contribution in [2.24, 2.45) is 5.92 Å². The first kappa shape index (κ1) is 11.9. The molecule has 0 bridgehead atoms. The van der Waals surface area contributed by atoms with Crippen LogP contribution in [-0.2, 0) is 0 Å². The maximum atomic E-state index is 12.1. The number of pyridine rings is 1. The average Bonchev–Trinajstić information content (AvgIpc) is 2.19. The smallest absolute Gasteiger partial charge is 0.184 e. The third-order valence-electron chi connectivity index (χ3n) is 2.80. The Bertz CT molecular complexity index is 354. The lowest BCUT2D eigenvalue weighted by molar-refractivity contribution is 0.0907. The summed E-state index contributed by atoms with van der Waals surface area (Å²) in [5.41, 5.74) is 2.75. The van der Waals surface area contributed by atoms with Gasteiger partial charge in [0.1, 0.15) is 5.69 Å². The number of aromatic nitrogens is 1. The number of rotatable bonds is 4. The van der Waals surface area contributed by atoms with E-state index in [2.05, 4.69) is 18.8 Å². The van der Waals surface area contributed by atoms with Gasteiger partial charge in [-0.15, -0.1) is 0 Å². The number of Topliss-reactive ketones (excluding diaryl/α,β-unsaturated/α-hetero) is 1. The number of hydrogen-bond donors (Lipinski definition) is 0. The summed E-state index contributed by atoms with van der Waals surface area (Å²) in [7, 11) is 0. The van der Waals surface area contributed by atoms with E-state index in [-0.39, 0.29) is 11.7 Å². The zero-order valence-electron chi connectivity index (χ0n) is 10.0. The zero-order chi connectivity index (χ0) is 11.4. The topological polar surface area (TPSA) is 30.0 Å². The summed E-state index contributed by atoms with van der Waals surface area (Å²) in [5.74, 6) is 0.316. The second-order valence-electron chi connectivity index (χ2n) is 4.06. The van der Waals surface area contributed by atoms with Crippen LogP contribution in [0.15, 0.2) is 12.3 Å². The molecular weight excluding hydrogens is 186 g/mol. The monoisotopic (exact) mass is 205 g/mol. The van der Waals surface area contributed by atoms with Crippen molar-refractivity contribution in [2.45, 2.75) is 40.5 Å². The molecule has 0 saturated heterocycles. The molecule has 0 radical (unpaired) electrons. The van der Waals surface area contributed by atoms with Gasteiger partial charge in [-0.05, 0) is 37.8 Å². The number of hydrogen-bond acceptors (Lipinski definition) is 2. The van der Waals surface area contributed by atoms with E-state index in [4.69, 9.17) is 0 Å². The Kier molecular flexibility index (Phi) is 4.01. The number of carbonyl (C=O) groups excluding carboxylic acids is 1. The Labute approximate surface area is 91.7 Å². The van der Waals surface area contributed by atoms with Gasteiger partial charge in [-0.1, -0.05) is 19.9 Å². The molecule has 0 aromatic carbocycles. The minimum absolute atomic E-state index is 0.124. The Morgan fingerprint density at radius 2 is 1.93 bits per heavy atom. The fourth-order valence-corrected chi connectivity index (χ4v) is 1.83. The molecule has 0 aliphatic carbocycles. The van der Waals surface area contributed by atoms with E-state index < -0.39 is 0 Å². The third kappa shape index (κ3) is 2.65. The molecule has 1 rings (SSSR count). The van der Waals surface area contributed by atoms with Gasteiger partial charge in [-0.3, -0.25) is 9.78 Å². The first-order valence-electron chi connectivity index (χ1n) is 5.57. The maximum Gasteiger partial charge on any atom is 0.184 e. The fourth-order valence-electron chi connectivity index (χ4n) is 1.83. The maximum absolute atomic E-state index is 12.1. The van der Waals surface area contributed by atoms with Crippen molar-refractivity contribution < 1.29 is 4.79 Å². The van der Waals surface area contributed by atoms with Gasteiger partial charge in [-0.2, -0.15) is 0 Å². The molecule has 0 unspecified atom stereocenters.